The van der Waals surface area contributed by atoms with Crippen LogP contribution in [0.3, 0.4) is 0 Å². The number of rotatable bonds is 1. The van der Waals surface area contributed by atoms with Crippen LogP contribution in [0.2, 0.25) is 0 Å². The van der Waals surface area contributed by atoms with E-state index >= 15 is 0 Å². The quantitative estimate of drug-likeness (QED) is 0.689. The molecule has 0 aliphatic carbocycles. The molecular formula is C9H15N3O2. The maximum Gasteiger partial charge on any atom is 0.426 e. The summed E-state index contributed by atoms with van der Waals surface area (Å²) in [7, 11) is 0. The molecule has 1 amide bonds. The van der Waals surface area contributed by atoms with Crippen molar-refractivity contribution < 1.29 is 9.53 Å². The van der Waals surface area contributed by atoms with Crippen molar-refractivity contribution in [2.24, 2.45) is 4.99 Å². The molecule has 1 rings (SSSR count). The van der Waals surface area contributed by atoms with Crippen LogP contribution in [0.4, 0.5) is 4.79 Å². The predicted molar refractivity (Wildman–Crippen MR) is 53.7 cm³/mol. The minimum absolute atomic E-state index is 0.412. The topological polar surface area (TPSA) is 53.9 Å². The first-order chi connectivity index (χ1) is 6.47. The van der Waals surface area contributed by atoms with Gasteiger partial charge in [-0.1, -0.05) is 0 Å². The van der Waals surface area contributed by atoms with E-state index < -0.39 is 11.7 Å². The molecule has 0 saturated carbocycles. The van der Waals surface area contributed by atoms with Crippen molar-refractivity contribution in [3.8, 4) is 0 Å². The predicted octanol–water partition coefficient (Wildman–Crippen LogP) is 1.28. The summed E-state index contributed by atoms with van der Waals surface area (Å²) in [5.41, 5.74) is 2.07. The molecule has 1 aliphatic rings. The van der Waals surface area contributed by atoms with Gasteiger partial charge in [-0.15, -0.1) is 0 Å². The van der Waals surface area contributed by atoms with Gasteiger partial charge in [0.2, 0.25) is 0 Å². The van der Waals surface area contributed by atoms with Crippen molar-refractivity contribution in [3.05, 3.63) is 12.3 Å². The summed E-state index contributed by atoms with van der Waals surface area (Å²) in [4.78, 5) is 15.2. The van der Waals surface area contributed by atoms with E-state index in [0.29, 0.717) is 6.67 Å². The van der Waals surface area contributed by atoms with Gasteiger partial charge in [-0.25, -0.2) is 10.2 Å². The summed E-state index contributed by atoms with van der Waals surface area (Å²) >= 11 is 0. The normalized spacial score (nSPS) is 15.5. The second kappa shape index (κ2) is 4.13. The first-order valence-corrected chi connectivity index (χ1v) is 4.40. The highest BCUT2D eigenvalue weighted by Crippen LogP contribution is 2.06. The molecule has 0 aromatic carbocycles. The first-order valence-electron chi connectivity index (χ1n) is 4.40. The van der Waals surface area contributed by atoms with Crippen LogP contribution in [0.5, 0.6) is 0 Å². The van der Waals surface area contributed by atoms with Crippen molar-refractivity contribution in [3.63, 3.8) is 0 Å². The maximum absolute atomic E-state index is 11.3. The third-order valence-corrected chi connectivity index (χ3v) is 1.33. The zero-order valence-corrected chi connectivity index (χ0v) is 8.65. The molecule has 78 valence electrons. The van der Waals surface area contributed by atoms with Gasteiger partial charge in [0.05, 0.1) is 0 Å². The molecule has 1 heterocycles. The highest BCUT2D eigenvalue weighted by Gasteiger charge is 2.17. The zero-order chi connectivity index (χ0) is 10.6. The lowest BCUT2D eigenvalue weighted by molar-refractivity contribution is 0.0396. The monoisotopic (exact) mass is 197 g/mol. The van der Waals surface area contributed by atoms with Crippen molar-refractivity contribution in [2.45, 2.75) is 26.4 Å². The zero-order valence-electron chi connectivity index (χ0n) is 8.65. The summed E-state index contributed by atoms with van der Waals surface area (Å²) < 4.78 is 5.06. The van der Waals surface area contributed by atoms with Gasteiger partial charge < -0.3 is 4.74 Å². The SMILES string of the molecule is CC(C)(C)OC(=O)NN1C=CC=NC1. The average molecular weight is 197 g/mol. The number of allylic oxidation sites excluding steroid dienone is 1. The third-order valence-electron chi connectivity index (χ3n) is 1.33. The van der Waals surface area contributed by atoms with Gasteiger partial charge >= 0.3 is 6.09 Å². The number of ether oxygens (including phenoxy) is 1. The number of amides is 1. The van der Waals surface area contributed by atoms with E-state index in [1.54, 1.807) is 23.5 Å². The van der Waals surface area contributed by atoms with Gasteiger partial charge in [0, 0.05) is 12.4 Å². The molecule has 0 aromatic heterocycles. The number of hydrazine groups is 1. The number of aliphatic imine (C=N–C) groups is 1. The number of nitrogens with zero attached hydrogens (tertiary/aromatic N) is 2. The Balaban J connectivity index is 2.34. The minimum atomic E-state index is -0.479. The molecule has 0 radical (unpaired) electrons. The van der Waals surface area contributed by atoms with E-state index in [1.165, 1.54) is 0 Å². The summed E-state index contributed by atoms with van der Waals surface area (Å²) in [5.74, 6) is 0. The van der Waals surface area contributed by atoms with Gasteiger partial charge in [0.15, 0.2) is 0 Å². The van der Waals surface area contributed by atoms with Crippen molar-refractivity contribution in [2.75, 3.05) is 6.67 Å². The van der Waals surface area contributed by atoms with Gasteiger partial charge in [0.1, 0.15) is 12.3 Å². The van der Waals surface area contributed by atoms with Crippen LogP contribution >= 0.6 is 0 Å². The van der Waals surface area contributed by atoms with Crippen LogP contribution in [-0.2, 0) is 4.74 Å². The molecule has 0 atom stereocenters. The first kappa shape index (κ1) is 10.6. The fraction of sp³-hybridized carbons (Fsp3) is 0.556. The van der Waals surface area contributed by atoms with E-state index in [9.17, 15) is 4.79 Å². The van der Waals surface area contributed by atoms with E-state index in [4.69, 9.17) is 4.74 Å². The lowest BCUT2D eigenvalue weighted by Gasteiger charge is -2.24. The van der Waals surface area contributed by atoms with E-state index in [0.717, 1.165) is 0 Å². The number of hydrogen-bond donors (Lipinski definition) is 1. The number of nitrogens with one attached hydrogen (secondary N) is 1. The van der Waals surface area contributed by atoms with Crippen molar-refractivity contribution in [1.29, 1.82) is 0 Å². The molecule has 0 fully saturated rings. The molecule has 0 spiro atoms. The van der Waals surface area contributed by atoms with E-state index in [2.05, 4.69) is 10.4 Å². The Kier molecular flexibility index (Phi) is 3.11. The fourth-order valence-electron chi connectivity index (χ4n) is 0.876. The van der Waals surface area contributed by atoms with E-state index in [1.807, 2.05) is 20.8 Å². The smallest absolute Gasteiger partial charge is 0.426 e. The Bertz CT molecular complexity index is 266. The molecular weight excluding hydrogens is 182 g/mol. The van der Waals surface area contributed by atoms with Crippen molar-refractivity contribution >= 4 is 12.3 Å². The summed E-state index contributed by atoms with van der Waals surface area (Å²) in [6, 6.07) is 0. The van der Waals surface area contributed by atoms with Crippen LogP contribution in [0, 0.1) is 0 Å². The highest BCUT2D eigenvalue weighted by molar-refractivity contribution is 5.72. The van der Waals surface area contributed by atoms with Gasteiger partial charge in [-0.05, 0) is 26.8 Å². The third kappa shape index (κ3) is 3.93. The van der Waals surface area contributed by atoms with Gasteiger partial charge in [-0.2, -0.15) is 0 Å². The number of carbonyl (C=O) groups excluding carboxylic acids is 1. The molecule has 5 nitrogen and oxygen atoms in total. The van der Waals surface area contributed by atoms with Gasteiger partial charge in [-0.3, -0.25) is 10.0 Å². The molecule has 0 bridgehead atoms. The summed E-state index contributed by atoms with van der Waals surface area (Å²) in [6.07, 6.45) is 4.66. The Morgan fingerprint density at radius 2 is 2.29 bits per heavy atom. The van der Waals surface area contributed by atoms with Crippen molar-refractivity contribution in [1.82, 2.24) is 10.4 Å². The standard InChI is InChI=1S/C9H15N3O2/c1-9(2,3)14-8(13)11-12-6-4-5-10-7-12/h4-6H,7H2,1-3H3,(H,11,13). The number of carbonyl (C=O) groups is 1. The van der Waals surface area contributed by atoms with Crippen LogP contribution in [0.1, 0.15) is 20.8 Å². The van der Waals surface area contributed by atoms with Crippen LogP contribution in [0.25, 0.3) is 0 Å². The Morgan fingerprint density at radius 3 is 2.79 bits per heavy atom. The average Bonchev–Trinajstić information content (AvgIpc) is 2.02. The van der Waals surface area contributed by atoms with E-state index in [-0.39, 0.29) is 0 Å². The lowest BCUT2D eigenvalue weighted by atomic mass is 10.2. The van der Waals surface area contributed by atoms with Crippen LogP contribution in [0.15, 0.2) is 17.3 Å². The van der Waals surface area contributed by atoms with Crippen LogP contribution in [-0.4, -0.2) is 29.6 Å². The van der Waals surface area contributed by atoms with Gasteiger partial charge in [0.25, 0.3) is 0 Å². The Hall–Kier alpha value is -1.52. The second-order valence-corrected chi connectivity index (χ2v) is 3.90. The lowest BCUT2D eigenvalue weighted by Crippen LogP contribution is -2.42. The summed E-state index contributed by atoms with van der Waals surface area (Å²) in [5, 5.41) is 1.55. The summed E-state index contributed by atoms with van der Waals surface area (Å²) in [6.45, 7) is 5.86. The maximum atomic E-state index is 11.3. The molecule has 0 unspecified atom stereocenters. The fourth-order valence-corrected chi connectivity index (χ4v) is 0.876. The molecule has 0 aromatic rings. The molecule has 1 N–H and O–H groups in total. The second-order valence-electron chi connectivity index (χ2n) is 3.90. The highest BCUT2D eigenvalue weighted by atomic mass is 16.6. The van der Waals surface area contributed by atoms with Crippen LogP contribution < -0.4 is 5.43 Å². The minimum Gasteiger partial charge on any atom is -0.443 e. The molecule has 0 saturated heterocycles. The Labute approximate surface area is 83.4 Å². The Morgan fingerprint density at radius 1 is 1.57 bits per heavy atom. The molecule has 1 aliphatic heterocycles. The largest absolute Gasteiger partial charge is 0.443 e. The number of hydrogen-bond acceptors (Lipinski definition) is 4. The molecule has 14 heavy (non-hydrogen) atoms. The molecule has 5 heteroatoms.